The van der Waals surface area contributed by atoms with Crippen molar-refractivity contribution in [3.8, 4) is 5.75 Å². The molecule has 0 bridgehead atoms. The molecule has 1 aromatic carbocycles. The quantitative estimate of drug-likeness (QED) is 0.534. The van der Waals surface area contributed by atoms with E-state index in [1.807, 2.05) is 0 Å². The van der Waals surface area contributed by atoms with Gasteiger partial charge in [0.2, 0.25) is 0 Å². The molecule has 1 aliphatic heterocycles. The van der Waals surface area contributed by atoms with Gasteiger partial charge in [0, 0.05) is 12.1 Å². The highest BCUT2D eigenvalue weighted by Crippen LogP contribution is 2.26. The van der Waals surface area contributed by atoms with Gasteiger partial charge in [-0.3, -0.25) is 14.5 Å². The lowest BCUT2D eigenvalue weighted by atomic mass is 10.2. The van der Waals surface area contributed by atoms with Crippen molar-refractivity contribution in [2.75, 3.05) is 18.5 Å². The van der Waals surface area contributed by atoms with Gasteiger partial charge < -0.3 is 15.5 Å². The maximum Gasteiger partial charge on any atom is 0.277 e. The number of halogens is 1. The van der Waals surface area contributed by atoms with E-state index in [9.17, 15) is 19.1 Å². The maximum absolute atomic E-state index is 12.8. The highest BCUT2D eigenvalue weighted by Gasteiger charge is 2.30. The zero-order chi connectivity index (χ0) is 14.0. The molecule has 0 spiro atoms. The summed E-state index contributed by atoms with van der Waals surface area (Å²) in [5, 5.41) is 20.8. The van der Waals surface area contributed by atoms with Gasteiger partial charge in [-0.25, -0.2) is 4.39 Å². The van der Waals surface area contributed by atoms with Gasteiger partial charge in [0.05, 0.1) is 18.8 Å². The van der Waals surface area contributed by atoms with Crippen molar-refractivity contribution < 1.29 is 24.2 Å². The van der Waals surface area contributed by atoms with Crippen LogP contribution >= 0.6 is 0 Å². The van der Waals surface area contributed by atoms with Crippen LogP contribution in [0.2, 0.25) is 0 Å². The lowest BCUT2D eigenvalue weighted by Gasteiger charge is -2.13. The van der Waals surface area contributed by atoms with Crippen LogP contribution in [0.15, 0.2) is 30.0 Å². The summed E-state index contributed by atoms with van der Waals surface area (Å²) in [7, 11) is 0. The lowest BCUT2D eigenvalue weighted by Crippen LogP contribution is -2.34. The van der Waals surface area contributed by atoms with Gasteiger partial charge in [0.15, 0.2) is 0 Å². The number of β-amino-alcohol motifs (C(OH)–C–C–N with tert-alkyl or cyclic N) is 1. The molecule has 6 nitrogen and oxygen atoms in total. The van der Waals surface area contributed by atoms with Crippen molar-refractivity contribution in [2.45, 2.75) is 0 Å². The van der Waals surface area contributed by atoms with Gasteiger partial charge in [0.25, 0.3) is 11.8 Å². The average Bonchev–Trinajstić information content (AvgIpc) is 2.61. The number of benzene rings is 1. The number of aromatic hydroxyl groups is 1. The Morgan fingerprint density at radius 1 is 1.32 bits per heavy atom. The molecule has 0 saturated heterocycles. The molecule has 0 atom stereocenters. The Labute approximate surface area is 107 Å². The summed E-state index contributed by atoms with van der Waals surface area (Å²) in [5.41, 5.74) is 0.0695. The molecule has 3 N–H and O–H groups in total. The largest absolute Gasteiger partial charge is 0.506 e. The highest BCUT2D eigenvalue weighted by molar-refractivity contribution is 6.17. The number of nitrogens with one attached hydrogen (secondary N) is 1. The van der Waals surface area contributed by atoms with Crippen molar-refractivity contribution in [1.82, 2.24) is 4.90 Å². The maximum atomic E-state index is 12.8. The third kappa shape index (κ3) is 2.55. The fourth-order valence-corrected chi connectivity index (χ4v) is 1.67. The van der Waals surface area contributed by atoms with E-state index in [0.717, 1.165) is 23.1 Å². The summed E-state index contributed by atoms with van der Waals surface area (Å²) >= 11 is 0. The molecule has 0 radical (unpaired) electrons. The van der Waals surface area contributed by atoms with E-state index in [0.29, 0.717) is 0 Å². The molecule has 0 aromatic heterocycles. The predicted molar refractivity (Wildman–Crippen MR) is 63.6 cm³/mol. The first-order valence-electron chi connectivity index (χ1n) is 5.47. The molecule has 1 aromatic rings. The standard InChI is InChI=1S/C12H11FN2O4/c13-7-1-2-8(10(17)5-7)14-9-6-11(18)15(3-4-16)12(9)19/h1-2,5-6,14,16-17H,3-4H2. The third-order valence-corrected chi connectivity index (χ3v) is 2.56. The normalized spacial score (nSPS) is 14.8. The van der Waals surface area contributed by atoms with E-state index in [1.54, 1.807) is 0 Å². The second kappa shape index (κ2) is 5.07. The molecule has 1 aliphatic rings. The fourth-order valence-electron chi connectivity index (χ4n) is 1.67. The molecule has 7 heteroatoms. The molecular formula is C12H11FN2O4. The Hall–Kier alpha value is -2.41. The number of carbonyl (C=O) groups excluding carboxylic acids is 2. The number of phenolic OH excluding ortho intramolecular Hbond substituents is 1. The summed E-state index contributed by atoms with van der Waals surface area (Å²) in [4.78, 5) is 24.1. The van der Waals surface area contributed by atoms with Gasteiger partial charge in [-0.05, 0) is 12.1 Å². The predicted octanol–water partition coefficient (Wildman–Crippen LogP) is 0.188. The van der Waals surface area contributed by atoms with Gasteiger partial charge in [0.1, 0.15) is 17.3 Å². The van der Waals surface area contributed by atoms with E-state index in [2.05, 4.69) is 5.32 Å². The summed E-state index contributed by atoms with van der Waals surface area (Å²) in [6.07, 6.45) is 1.06. The monoisotopic (exact) mass is 266 g/mol. The Morgan fingerprint density at radius 3 is 2.68 bits per heavy atom. The van der Waals surface area contributed by atoms with Crippen molar-refractivity contribution in [3.05, 3.63) is 35.8 Å². The Balaban J connectivity index is 2.18. The second-order valence-corrected chi connectivity index (χ2v) is 3.86. The third-order valence-electron chi connectivity index (χ3n) is 2.56. The lowest BCUT2D eigenvalue weighted by molar-refractivity contribution is -0.137. The minimum absolute atomic E-state index is 0.0413. The van der Waals surface area contributed by atoms with Crippen LogP contribution in [0.4, 0.5) is 10.1 Å². The first-order chi connectivity index (χ1) is 9.02. The van der Waals surface area contributed by atoms with Crippen LogP contribution in [0.5, 0.6) is 5.75 Å². The highest BCUT2D eigenvalue weighted by atomic mass is 19.1. The van der Waals surface area contributed by atoms with Gasteiger partial charge >= 0.3 is 0 Å². The Kier molecular flexibility index (Phi) is 3.48. The zero-order valence-electron chi connectivity index (χ0n) is 9.76. The topological polar surface area (TPSA) is 89.9 Å². The Bertz CT molecular complexity index is 571. The van der Waals surface area contributed by atoms with Crippen molar-refractivity contribution >= 4 is 17.5 Å². The van der Waals surface area contributed by atoms with Crippen molar-refractivity contribution in [2.24, 2.45) is 0 Å². The number of rotatable bonds is 4. The summed E-state index contributed by atoms with van der Waals surface area (Å²) in [6, 6.07) is 3.24. The first-order valence-corrected chi connectivity index (χ1v) is 5.47. The van der Waals surface area contributed by atoms with Gasteiger partial charge in [-0.15, -0.1) is 0 Å². The van der Waals surface area contributed by atoms with Crippen LogP contribution in [0.1, 0.15) is 0 Å². The van der Waals surface area contributed by atoms with Crippen LogP contribution in [0.3, 0.4) is 0 Å². The number of amides is 2. The van der Waals surface area contributed by atoms with E-state index in [-0.39, 0.29) is 30.3 Å². The number of aliphatic hydroxyl groups excluding tert-OH is 1. The first kappa shape index (κ1) is 13.0. The van der Waals surface area contributed by atoms with Gasteiger partial charge in [-0.1, -0.05) is 0 Å². The Morgan fingerprint density at radius 2 is 2.05 bits per heavy atom. The smallest absolute Gasteiger partial charge is 0.277 e. The van der Waals surface area contributed by atoms with Crippen molar-refractivity contribution in [1.29, 1.82) is 0 Å². The molecule has 0 saturated carbocycles. The van der Waals surface area contributed by atoms with Crippen LogP contribution in [0.25, 0.3) is 0 Å². The van der Waals surface area contributed by atoms with E-state index >= 15 is 0 Å². The molecule has 0 aliphatic carbocycles. The molecule has 19 heavy (non-hydrogen) atoms. The molecule has 0 unspecified atom stereocenters. The molecule has 100 valence electrons. The minimum Gasteiger partial charge on any atom is -0.506 e. The van der Waals surface area contributed by atoms with Crippen LogP contribution in [-0.2, 0) is 9.59 Å². The summed E-state index contributed by atoms with van der Waals surface area (Å²) in [5.74, 6) is -2.15. The molecule has 2 amide bonds. The fraction of sp³-hybridized carbons (Fsp3) is 0.167. The van der Waals surface area contributed by atoms with Crippen molar-refractivity contribution in [3.63, 3.8) is 0 Å². The number of phenols is 1. The van der Waals surface area contributed by atoms with Crippen LogP contribution in [0, 0.1) is 5.82 Å². The van der Waals surface area contributed by atoms with E-state index in [1.165, 1.54) is 6.07 Å². The molecular weight excluding hydrogens is 255 g/mol. The number of hydrogen-bond acceptors (Lipinski definition) is 5. The van der Waals surface area contributed by atoms with Gasteiger partial charge in [-0.2, -0.15) is 0 Å². The molecule has 0 fully saturated rings. The number of hydrogen-bond donors (Lipinski definition) is 3. The summed E-state index contributed by atoms with van der Waals surface area (Å²) < 4.78 is 12.8. The SMILES string of the molecule is O=C1C=C(Nc2ccc(F)cc2O)C(=O)N1CCO. The number of nitrogens with zero attached hydrogens (tertiary/aromatic N) is 1. The van der Waals surface area contributed by atoms with Crippen LogP contribution < -0.4 is 5.32 Å². The zero-order valence-corrected chi connectivity index (χ0v) is 9.76. The summed E-state index contributed by atoms with van der Waals surface area (Å²) in [6.45, 7) is -0.435. The molecule has 2 rings (SSSR count). The molecule has 1 heterocycles. The number of carbonyl (C=O) groups is 2. The second-order valence-electron chi connectivity index (χ2n) is 3.86. The minimum atomic E-state index is -0.618. The van der Waals surface area contributed by atoms with Crippen LogP contribution in [-0.4, -0.2) is 40.1 Å². The number of imide groups is 1. The average molecular weight is 266 g/mol. The van der Waals surface area contributed by atoms with E-state index < -0.39 is 17.6 Å². The van der Waals surface area contributed by atoms with E-state index in [4.69, 9.17) is 5.11 Å². The number of aliphatic hydroxyl groups is 1. The number of anilines is 1.